The van der Waals surface area contributed by atoms with Crippen molar-refractivity contribution in [1.82, 2.24) is 5.32 Å². The third kappa shape index (κ3) is 2.74. The second-order valence-electron chi connectivity index (χ2n) is 3.51. The first-order valence-electron chi connectivity index (χ1n) is 4.93. The first kappa shape index (κ1) is 12.1. The molecule has 1 rings (SSSR count). The summed E-state index contributed by atoms with van der Waals surface area (Å²) in [4.78, 5) is 11.7. The van der Waals surface area contributed by atoms with Gasteiger partial charge in [0.05, 0.1) is 13.2 Å². The van der Waals surface area contributed by atoms with Gasteiger partial charge in [-0.25, -0.2) is 0 Å². The summed E-state index contributed by atoms with van der Waals surface area (Å²) < 4.78 is 5.12. The van der Waals surface area contributed by atoms with Crippen LogP contribution < -0.4 is 10.1 Å². The molecule has 1 N–H and O–H groups in total. The molecule has 0 spiro atoms. The molecule has 0 aromatic heterocycles. The summed E-state index contributed by atoms with van der Waals surface area (Å²) in [6, 6.07) is 6.62. The minimum absolute atomic E-state index is 0.271. The number of nitrogens with zero attached hydrogens (tertiary/aromatic N) is 1. The average Bonchev–Trinajstić information content (AvgIpc) is 2.29. The molecule has 0 saturated heterocycles. The minimum atomic E-state index is -0.500. The van der Waals surface area contributed by atoms with Gasteiger partial charge in [0.2, 0.25) is 0 Å². The largest absolute Gasteiger partial charge is 0.496 e. The quantitative estimate of drug-likeness (QED) is 0.839. The van der Waals surface area contributed by atoms with Crippen LogP contribution in [0.2, 0.25) is 0 Å². The highest BCUT2D eigenvalue weighted by Gasteiger charge is 2.10. The van der Waals surface area contributed by atoms with Gasteiger partial charge in [-0.15, -0.1) is 0 Å². The van der Waals surface area contributed by atoms with Crippen molar-refractivity contribution in [3.05, 3.63) is 29.3 Å². The Morgan fingerprint density at radius 1 is 1.56 bits per heavy atom. The highest BCUT2D eigenvalue weighted by molar-refractivity contribution is 5.95. The number of aryl methyl sites for hydroxylation is 1. The van der Waals surface area contributed by atoms with Crippen molar-refractivity contribution in [3.8, 4) is 11.8 Å². The topological polar surface area (TPSA) is 62.1 Å². The fourth-order valence-corrected chi connectivity index (χ4v) is 1.27. The van der Waals surface area contributed by atoms with Gasteiger partial charge in [0.1, 0.15) is 11.8 Å². The Morgan fingerprint density at radius 3 is 2.81 bits per heavy atom. The van der Waals surface area contributed by atoms with Crippen LogP contribution in [0.5, 0.6) is 5.75 Å². The van der Waals surface area contributed by atoms with Gasteiger partial charge in [0, 0.05) is 5.56 Å². The van der Waals surface area contributed by atoms with E-state index < -0.39 is 6.04 Å². The zero-order chi connectivity index (χ0) is 12.1. The number of benzene rings is 1. The maximum absolute atomic E-state index is 11.7. The van der Waals surface area contributed by atoms with Crippen molar-refractivity contribution in [2.24, 2.45) is 0 Å². The summed E-state index contributed by atoms with van der Waals surface area (Å²) in [7, 11) is 1.56. The molecule has 0 radical (unpaired) electrons. The normalized spacial score (nSPS) is 11.4. The average molecular weight is 218 g/mol. The summed E-state index contributed by atoms with van der Waals surface area (Å²) in [5.41, 5.74) is 1.46. The predicted octanol–water partition coefficient (Wildman–Crippen LogP) is 1.65. The SMILES string of the molecule is COc1cc(C(=O)NC(C)C#N)ccc1C. The molecule has 0 aliphatic carbocycles. The molecule has 0 fully saturated rings. The fraction of sp³-hybridized carbons (Fsp3) is 0.333. The zero-order valence-corrected chi connectivity index (χ0v) is 9.57. The van der Waals surface area contributed by atoms with Crippen LogP contribution in [0.15, 0.2) is 18.2 Å². The monoisotopic (exact) mass is 218 g/mol. The lowest BCUT2D eigenvalue weighted by molar-refractivity contribution is 0.0947. The number of methoxy groups -OCH3 is 1. The molecule has 0 saturated carbocycles. The van der Waals surface area contributed by atoms with Gasteiger partial charge in [-0.1, -0.05) is 6.07 Å². The van der Waals surface area contributed by atoms with E-state index in [0.717, 1.165) is 5.56 Å². The lowest BCUT2D eigenvalue weighted by Crippen LogP contribution is -2.31. The summed E-state index contributed by atoms with van der Waals surface area (Å²) >= 11 is 0. The lowest BCUT2D eigenvalue weighted by Gasteiger charge is -2.09. The number of amides is 1. The van der Waals surface area contributed by atoms with Gasteiger partial charge in [0.25, 0.3) is 5.91 Å². The number of hydrogen-bond donors (Lipinski definition) is 1. The molecule has 0 bridgehead atoms. The van der Waals surface area contributed by atoms with E-state index in [2.05, 4.69) is 5.32 Å². The lowest BCUT2D eigenvalue weighted by atomic mass is 10.1. The molecule has 1 aromatic carbocycles. The molecule has 0 heterocycles. The molecular formula is C12H14N2O2. The predicted molar refractivity (Wildman–Crippen MR) is 60.3 cm³/mol. The number of carbonyl (C=O) groups excluding carboxylic acids is 1. The van der Waals surface area contributed by atoms with Crippen molar-refractivity contribution in [2.45, 2.75) is 19.9 Å². The van der Waals surface area contributed by atoms with Crippen LogP contribution in [0.3, 0.4) is 0 Å². The Kier molecular flexibility index (Phi) is 3.90. The van der Waals surface area contributed by atoms with E-state index >= 15 is 0 Å². The van der Waals surface area contributed by atoms with E-state index in [1.807, 2.05) is 19.1 Å². The fourth-order valence-electron chi connectivity index (χ4n) is 1.27. The zero-order valence-electron chi connectivity index (χ0n) is 9.57. The van der Waals surface area contributed by atoms with Crippen LogP contribution in [0.1, 0.15) is 22.8 Å². The molecule has 4 nitrogen and oxygen atoms in total. The minimum Gasteiger partial charge on any atom is -0.496 e. The van der Waals surface area contributed by atoms with E-state index in [0.29, 0.717) is 11.3 Å². The molecule has 0 aliphatic rings. The number of hydrogen-bond acceptors (Lipinski definition) is 3. The summed E-state index contributed by atoms with van der Waals surface area (Å²) in [5.74, 6) is 0.393. The second-order valence-corrected chi connectivity index (χ2v) is 3.51. The van der Waals surface area contributed by atoms with Crippen molar-refractivity contribution in [3.63, 3.8) is 0 Å². The summed E-state index contributed by atoms with van der Waals surface area (Å²) in [6.07, 6.45) is 0. The van der Waals surface area contributed by atoms with Crippen LogP contribution >= 0.6 is 0 Å². The maximum Gasteiger partial charge on any atom is 0.252 e. The number of ether oxygens (including phenoxy) is 1. The molecule has 1 amide bonds. The number of nitriles is 1. The van der Waals surface area contributed by atoms with Gasteiger partial charge in [0.15, 0.2) is 0 Å². The molecule has 1 atom stereocenters. The summed E-state index contributed by atoms with van der Waals surface area (Å²) in [5, 5.41) is 11.1. The van der Waals surface area contributed by atoms with E-state index in [9.17, 15) is 4.79 Å². The third-order valence-electron chi connectivity index (χ3n) is 2.21. The standard InChI is InChI=1S/C12H14N2O2/c1-8-4-5-10(6-11(8)16-3)12(15)14-9(2)7-13/h4-6,9H,1-3H3,(H,14,15). The number of rotatable bonds is 3. The Hall–Kier alpha value is -2.02. The van der Waals surface area contributed by atoms with Crippen molar-refractivity contribution in [1.29, 1.82) is 5.26 Å². The molecule has 1 aromatic rings. The van der Waals surface area contributed by atoms with Gasteiger partial charge in [-0.2, -0.15) is 5.26 Å². The summed E-state index contributed by atoms with van der Waals surface area (Å²) in [6.45, 7) is 3.53. The highest BCUT2D eigenvalue weighted by Crippen LogP contribution is 2.18. The second kappa shape index (κ2) is 5.17. The van der Waals surface area contributed by atoms with E-state index in [4.69, 9.17) is 10.00 Å². The maximum atomic E-state index is 11.7. The molecular weight excluding hydrogens is 204 g/mol. The van der Waals surface area contributed by atoms with Crippen LogP contribution in [0, 0.1) is 18.3 Å². The molecule has 1 unspecified atom stereocenters. The highest BCUT2D eigenvalue weighted by atomic mass is 16.5. The molecule has 16 heavy (non-hydrogen) atoms. The Bertz CT molecular complexity index is 435. The van der Waals surface area contributed by atoms with Crippen LogP contribution in [-0.4, -0.2) is 19.1 Å². The molecule has 84 valence electrons. The van der Waals surface area contributed by atoms with E-state index in [1.165, 1.54) is 0 Å². The van der Waals surface area contributed by atoms with E-state index in [1.54, 1.807) is 26.2 Å². The van der Waals surface area contributed by atoms with Crippen molar-refractivity contribution < 1.29 is 9.53 Å². The Labute approximate surface area is 94.8 Å². The van der Waals surface area contributed by atoms with Gasteiger partial charge in [-0.05, 0) is 31.5 Å². The smallest absolute Gasteiger partial charge is 0.252 e. The van der Waals surface area contributed by atoms with Crippen LogP contribution in [0.25, 0.3) is 0 Å². The first-order chi connectivity index (χ1) is 7.58. The van der Waals surface area contributed by atoms with Gasteiger partial charge >= 0.3 is 0 Å². The van der Waals surface area contributed by atoms with Gasteiger partial charge < -0.3 is 10.1 Å². The van der Waals surface area contributed by atoms with Gasteiger partial charge in [-0.3, -0.25) is 4.79 Å². The molecule has 0 aliphatic heterocycles. The first-order valence-corrected chi connectivity index (χ1v) is 4.93. The van der Waals surface area contributed by atoms with Crippen LogP contribution in [-0.2, 0) is 0 Å². The van der Waals surface area contributed by atoms with Crippen molar-refractivity contribution in [2.75, 3.05) is 7.11 Å². The Morgan fingerprint density at radius 2 is 2.25 bits per heavy atom. The Balaban J connectivity index is 2.89. The number of nitrogens with one attached hydrogen (secondary N) is 1. The number of carbonyl (C=O) groups is 1. The van der Waals surface area contributed by atoms with Crippen LogP contribution in [0.4, 0.5) is 0 Å². The molecule has 4 heteroatoms. The van der Waals surface area contributed by atoms with Crippen molar-refractivity contribution >= 4 is 5.91 Å². The van der Waals surface area contributed by atoms with E-state index in [-0.39, 0.29) is 5.91 Å². The third-order valence-corrected chi connectivity index (χ3v) is 2.21.